The third kappa shape index (κ3) is 3.77. The maximum Gasteiger partial charge on any atom is 0.329 e. The fraction of sp³-hybridized carbons (Fsp3) is 0.130. The van der Waals surface area contributed by atoms with Crippen LogP contribution in [-0.2, 0) is 4.79 Å². The first-order chi connectivity index (χ1) is 14.4. The van der Waals surface area contributed by atoms with Gasteiger partial charge >= 0.3 is 6.03 Å². The summed E-state index contributed by atoms with van der Waals surface area (Å²) in [5.74, 6) is -0.662. The number of imide groups is 1. The van der Waals surface area contributed by atoms with E-state index in [4.69, 9.17) is 0 Å². The maximum atomic E-state index is 12.8. The molecule has 7 nitrogen and oxygen atoms in total. The van der Waals surface area contributed by atoms with Crippen LogP contribution in [0.5, 0.6) is 0 Å². The van der Waals surface area contributed by atoms with Gasteiger partial charge < -0.3 is 10.6 Å². The van der Waals surface area contributed by atoms with Crippen LogP contribution in [0.2, 0.25) is 0 Å². The SMILES string of the molecule is Cc1ccc(-c2cncc(C(=O)Nc3ccc(C)c(N4C(=O)CNC4=O)c3)c2)cc1. The second-order valence-corrected chi connectivity index (χ2v) is 7.17. The van der Waals surface area contributed by atoms with Gasteiger partial charge in [0.1, 0.15) is 0 Å². The van der Waals surface area contributed by atoms with E-state index in [0.717, 1.165) is 27.2 Å². The van der Waals surface area contributed by atoms with E-state index in [9.17, 15) is 14.4 Å². The Bertz CT molecular complexity index is 1140. The van der Waals surface area contributed by atoms with Crippen molar-refractivity contribution in [2.24, 2.45) is 0 Å². The highest BCUT2D eigenvalue weighted by molar-refractivity contribution is 6.20. The topological polar surface area (TPSA) is 91.4 Å². The quantitative estimate of drug-likeness (QED) is 0.654. The van der Waals surface area contributed by atoms with Gasteiger partial charge in [-0.15, -0.1) is 0 Å². The number of aromatic nitrogens is 1. The lowest BCUT2D eigenvalue weighted by molar-refractivity contribution is -0.115. The predicted octanol–water partition coefficient (Wildman–Crippen LogP) is 3.67. The molecule has 0 saturated carbocycles. The first-order valence-electron chi connectivity index (χ1n) is 9.47. The highest BCUT2D eigenvalue weighted by Gasteiger charge is 2.31. The second kappa shape index (κ2) is 7.79. The van der Waals surface area contributed by atoms with E-state index in [1.165, 1.54) is 6.20 Å². The van der Waals surface area contributed by atoms with Crippen LogP contribution in [0.3, 0.4) is 0 Å². The van der Waals surface area contributed by atoms with Gasteiger partial charge in [-0.05, 0) is 43.2 Å². The van der Waals surface area contributed by atoms with Gasteiger partial charge in [0.2, 0.25) is 0 Å². The highest BCUT2D eigenvalue weighted by atomic mass is 16.2. The lowest BCUT2D eigenvalue weighted by Crippen LogP contribution is -2.31. The number of hydrogen-bond acceptors (Lipinski definition) is 4. The van der Waals surface area contributed by atoms with Crippen LogP contribution in [0.1, 0.15) is 21.5 Å². The van der Waals surface area contributed by atoms with Crippen LogP contribution in [0.25, 0.3) is 11.1 Å². The molecule has 1 fully saturated rings. The lowest BCUT2D eigenvalue weighted by Gasteiger charge is -2.17. The number of aryl methyl sites for hydroxylation is 2. The zero-order valence-corrected chi connectivity index (χ0v) is 16.6. The molecule has 2 heterocycles. The van der Waals surface area contributed by atoms with E-state index in [0.29, 0.717) is 16.9 Å². The molecule has 0 unspecified atom stereocenters. The van der Waals surface area contributed by atoms with Crippen molar-refractivity contribution in [3.63, 3.8) is 0 Å². The van der Waals surface area contributed by atoms with Crippen molar-refractivity contribution in [3.05, 3.63) is 77.6 Å². The van der Waals surface area contributed by atoms with Crippen LogP contribution in [-0.4, -0.2) is 29.4 Å². The first-order valence-corrected chi connectivity index (χ1v) is 9.47. The Kier molecular flexibility index (Phi) is 5.02. The van der Waals surface area contributed by atoms with Crippen LogP contribution in [0, 0.1) is 13.8 Å². The third-order valence-corrected chi connectivity index (χ3v) is 4.94. The van der Waals surface area contributed by atoms with E-state index < -0.39 is 6.03 Å². The normalized spacial score (nSPS) is 13.3. The number of nitrogens with zero attached hydrogens (tertiary/aromatic N) is 2. The molecule has 4 amide bonds. The summed E-state index contributed by atoms with van der Waals surface area (Å²) >= 11 is 0. The number of benzene rings is 2. The van der Waals surface area contributed by atoms with Crippen molar-refractivity contribution in [1.82, 2.24) is 10.3 Å². The van der Waals surface area contributed by atoms with Gasteiger partial charge in [0, 0.05) is 23.6 Å². The van der Waals surface area contributed by atoms with Gasteiger partial charge in [-0.1, -0.05) is 35.9 Å². The molecule has 30 heavy (non-hydrogen) atoms. The molecule has 2 N–H and O–H groups in total. The summed E-state index contributed by atoms with van der Waals surface area (Å²) in [7, 11) is 0. The van der Waals surface area contributed by atoms with E-state index in [1.807, 2.05) is 31.2 Å². The lowest BCUT2D eigenvalue weighted by atomic mass is 10.0. The van der Waals surface area contributed by atoms with Crippen molar-refractivity contribution in [3.8, 4) is 11.1 Å². The van der Waals surface area contributed by atoms with Gasteiger partial charge in [-0.3, -0.25) is 14.6 Å². The number of carbonyl (C=O) groups is 3. The van der Waals surface area contributed by atoms with Gasteiger partial charge in [0.15, 0.2) is 0 Å². The summed E-state index contributed by atoms with van der Waals surface area (Å²) < 4.78 is 0. The molecule has 150 valence electrons. The number of urea groups is 1. The molecule has 7 heteroatoms. The number of hydrogen-bond donors (Lipinski definition) is 2. The first kappa shape index (κ1) is 19.3. The Labute approximate surface area is 173 Å². The van der Waals surface area contributed by atoms with Crippen LogP contribution in [0.4, 0.5) is 16.2 Å². The Hall–Kier alpha value is -4.00. The highest BCUT2D eigenvalue weighted by Crippen LogP contribution is 2.27. The molecule has 3 aromatic rings. The molecule has 0 radical (unpaired) electrons. The summed E-state index contributed by atoms with van der Waals surface area (Å²) in [5, 5.41) is 5.32. The second-order valence-electron chi connectivity index (χ2n) is 7.17. The van der Waals surface area contributed by atoms with Crippen LogP contribution < -0.4 is 15.5 Å². The Morgan fingerprint density at radius 1 is 1.00 bits per heavy atom. The Morgan fingerprint density at radius 2 is 1.77 bits per heavy atom. The minimum atomic E-state index is -0.471. The predicted molar refractivity (Wildman–Crippen MR) is 114 cm³/mol. The van der Waals surface area contributed by atoms with Crippen LogP contribution in [0.15, 0.2) is 60.9 Å². The monoisotopic (exact) mass is 400 g/mol. The number of carbonyl (C=O) groups excluding carboxylic acids is 3. The van der Waals surface area contributed by atoms with Crippen molar-refractivity contribution in [2.75, 3.05) is 16.8 Å². The van der Waals surface area contributed by atoms with E-state index >= 15 is 0 Å². The van der Waals surface area contributed by atoms with Crippen molar-refractivity contribution >= 4 is 29.2 Å². The molecular formula is C23H20N4O3. The van der Waals surface area contributed by atoms with Gasteiger partial charge in [-0.25, -0.2) is 9.69 Å². The number of anilines is 2. The molecule has 2 aromatic carbocycles. The zero-order chi connectivity index (χ0) is 21.3. The molecule has 1 aromatic heterocycles. The van der Waals surface area contributed by atoms with E-state index in [2.05, 4.69) is 15.6 Å². The Balaban J connectivity index is 1.58. The average molecular weight is 400 g/mol. The number of nitrogens with one attached hydrogen (secondary N) is 2. The fourth-order valence-corrected chi connectivity index (χ4v) is 3.27. The summed E-state index contributed by atoms with van der Waals surface area (Å²) in [6.45, 7) is 3.78. The molecule has 1 saturated heterocycles. The van der Waals surface area contributed by atoms with Gasteiger partial charge in [-0.2, -0.15) is 0 Å². The number of pyridine rings is 1. The number of amides is 4. The third-order valence-electron chi connectivity index (χ3n) is 4.94. The minimum Gasteiger partial charge on any atom is -0.328 e. The summed E-state index contributed by atoms with van der Waals surface area (Å²) in [5.41, 5.74) is 5.05. The molecule has 0 bridgehead atoms. The molecule has 4 rings (SSSR count). The molecular weight excluding hydrogens is 380 g/mol. The standard InChI is InChI=1S/C23H20N4O3/c1-14-3-6-16(7-4-14)17-9-18(12-24-11-17)22(29)26-19-8-5-15(2)20(10-19)27-21(28)13-25-23(27)30/h3-12H,13H2,1-2H3,(H,25,30)(H,26,29). The smallest absolute Gasteiger partial charge is 0.328 e. The number of rotatable bonds is 4. The van der Waals surface area contributed by atoms with E-state index in [1.54, 1.807) is 37.4 Å². The molecule has 1 aliphatic heterocycles. The zero-order valence-electron chi connectivity index (χ0n) is 16.6. The summed E-state index contributed by atoms with van der Waals surface area (Å²) in [4.78, 5) is 42.1. The summed E-state index contributed by atoms with van der Waals surface area (Å²) in [6, 6.07) is 14.4. The van der Waals surface area contributed by atoms with Gasteiger partial charge in [0.05, 0.1) is 17.8 Å². The van der Waals surface area contributed by atoms with Crippen molar-refractivity contribution in [1.29, 1.82) is 0 Å². The van der Waals surface area contributed by atoms with Crippen molar-refractivity contribution in [2.45, 2.75) is 13.8 Å². The summed E-state index contributed by atoms with van der Waals surface area (Å²) in [6.07, 6.45) is 3.21. The fourth-order valence-electron chi connectivity index (χ4n) is 3.27. The van der Waals surface area contributed by atoms with Crippen LogP contribution >= 0.6 is 0 Å². The van der Waals surface area contributed by atoms with Gasteiger partial charge in [0.25, 0.3) is 11.8 Å². The van der Waals surface area contributed by atoms with E-state index in [-0.39, 0.29) is 18.4 Å². The largest absolute Gasteiger partial charge is 0.329 e. The Morgan fingerprint density at radius 3 is 2.47 bits per heavy atom. The molecule has 1 aliphatic rings. The average Bonchev–Trinajstić information content (AvgIpc) is 3.08. The maximum absolute atomic E-state index is 12.8. The van der Waals surface area contributed by atoms with Crippen molar-refractivity contribution < 1.29 is 14.4 Å². The molecule has 0 atom stereocenters. The molecule has 0 spiro atoms. The molecule has 0 aliphatic carbocycles. The minimum absolute atomic E-state index is 0.0354.